The molecule has 1 atom stereocenters. The molecule has 2 heterocycles. The van der Waals surface area contributed by atoms with Gasteiger partial charge in [0.15, 0.2) is 0 Å². The highest BCUT2D eigenvalue weighted by atomic mass is 16.2. The average molecular weight is 406 g/mol. The Morgan fingerprint density at radius 2 is 1.53 bits per heavy atom. The molecule has 2 aromatic carbocycles. The normalized spacial score (nSPS) is 20.3. The molecule has 2 aliphatic rings. The van der Waals surface area contributed by atoms with E-state index in [0.29, 0.717) is 18.4 Å². The summed E-state index contributed by atoms with van der Waals surface area (Å²) in [6, 6.07) is 21.8. The number of carbonyl (C=O) groups excluding carboxylic acids is 1. The van der Waals surface area contributed by atoms with E-state index in [1.807, 2.05) is 0 Å². The number of piperazine rings is 1. The van der Waals surface area contributed by atoms with Crippen molar-refractivity contribution in [1.29, 1.82) is 0 Å². The van der Waals surface area contributed by atoms with Gasteiger partial charge in [-0.25, -0.2) is 0 Å². The number of aryl methyl sites for hydroxylation is 1. The minimum Gasteiger partial charge on any atom is -0.369 e. The predicted octanol–water partition coefficient (Wildman–Crippen LogP) is 4.21. The van der Waals surface area contributed by atoms with E-state index >= 15 is 0 Å². The Hall–Kier alpha value is -2.33. The number of hydrogen-bond donors (Lipinski definition) is 0. The lowest BCUT2D eigenvalue weighted by Crippen LogP contribution is -2.55. The number of carbonyl (C=O) groups is 1. The zero-order valence-corrected chi connectivity index (χ0v) is 18.1. The van der Waals surface area contributed by atoms with Crippen molar-refractivity contribution in [2.24, 2.45) is 0 Å². The van der Waals surface area contributed by atoms with Crippen molar-refractivity contribution in [3.63, 3.8) is 0 Å². The van der Waals surface area contributed by atoms with Gasteiger partial charge in [0.05, 0.1) is 0 Å². The summed E-state index contributed by atoms with van der Waals surface area (Å²) >= 11 is 0. The number of likely N-dealkylation sites (tertiary alicyclic amines) is 1. The van der Waals surface area contributed by atoms with E-state index in [-0.39, 0.29) is 0 Å². The lowest BCUT2D eigenvalue weighted by molar-refractivity contribution is -0.133. The van der Waals surface area contributed by atoms with Crippen LogP contribution in [0.3, 0.4) is 0 Å². The molecule has 0 saturated carbocycles. The third kappa shape index (κ3) is 5.63. The van der Waals surface area contributed by atoms with Gasteiger partial charge < -0.3 is 9.80 Å². The number of para-hydroxylation sites is 1. The molecule has 1 amide bonds. The third-order valence-electron chi connectivity index (χ3n) is 6.65. The number of anilines is 1. The van der Waals surface area contributed by atoms with Gasteiger partial charge in [0.25, 0.3) is 0 Å². The summed E-state index contributed by atoms with van der Waals surface area (Å²) in [7, 11) is 0. The third-order valence-corrected chi connectivity index (χ3v) is 6.65. The van der Waals surface area contributed by atoms with Crippen LogP contribution in [0.2, 0.25) is 0 Å². The SMILES string of the molecule is O=C(CCCCc1ccccc1)N1CCC[C@@H](N2CCN(c3ccccc3)CC2)C1. The van der Waals surface area contributed by atoms with Gasteiger partial charge >= 0.3 is 0 Å². The van der Waals surface area contributed by atoms with Gasteiger partial charge in [-0.3, -0.25) is 9.69 Å². The van der Waals surface area contributed by atoms with E-state index < -0.39 is 0 Å². The fourth-order valence-corrected chi connectivity index (χ4v) is 4.87. The molecule has 0 radical (unpaired) electrons. The molecule has 2 saturated heterocycles. The maximum Gasteiger partial charge on any atom is 0.222 e. The predicted molar refractivity (Wildman–Crippen MR) is 124 cm³/mol. The van der Waals surface area contributed by atoms with Crippen molar-refractivity contribution in [2.75, 3.05) is 44.2 Å². The first-order valence-electron chi connectivity index (χ1n) is 11.7. The summed E-state index contributed by atoms with van der Waals surface area (Å²) in [4.78, 5) is 20.0. The standard InChI is InChI=1S/C26H35N3O/c30-26(16-8-7-12-23-10-3-1-4-11-23)29-17-9-15-25(22-29)28-20-18-27(19-21-28)24-13-5-2-6-14-24/h1-6,10-11,13-14,25H,7-9,12,15-22H2/t25-/m1/s1. The van der Waals surface area contributed by atoms with Crippen LogP contribution >= 0.6 is 0 Å². The molecule has 160 valence electrons. The van der Waals surface area contributed by atoms with E-state index in [0.717, 1.165) is 65.0 Å². The van der Waals surface area contributed by atoms with Crippen molar-refractivity contribution in [1.82, 2.24) is 9.80 Å². The average Bonchev–Trinajstić information content (AvgIpc) is 2.83. The second-order valence-electron chi connectivity index (χ2n) is 8.69. The van der Waals surface area contributed by atoms with Crippen molar-refractivity contribution in [3.8, 4) is 0 Å². The number of unbranched alkanes of at least 4 members (excludes halogenated alkanes) is 1. The van der Waals surface area contributed by atoms with Crippen LogP contribution in [0.4, 0.5) is 5.69 Å². The second kappa shape index (κ2) is 10.6. The Morgan fingerprint density at radius 1 is 0.833 bits per heavy atom. The molecule has 0 bridgehead atoms. The summed E-state index contributed by atoms with van der Waals surface area (Å²) < 4.78 is 0. The fourth-order valence-electron chi connectivity index (χ4n) is 4.87. The van der Waals surface area contributed by atoms with Gasteiger partial charge in [-0.15, -0.1) is 0 Å². The lowest BCUT2D eigenvalue weighted by atomic mass is 10.0. The number of piperidine rings is 1. The largest absolute Gasteiger partial charge is 0.369 e. The molecule has 0 aliphatic carbocycles. The molecule has 4 heteroatoms. The van der Waals surface area contributed by atoms with E-state index in [1.54, 1.807) is 0 Å². The first-order chi connectivity index (χ1) is 14.8. The summed E-state index contributed by atoms with van der Waals surface area (Å²) in [5, 5.41) is 0. The first-order valence-corrected chi connectivity index (χ1v) is 11.7. The van der Waals surface area contributed by atoms with Crippen LogP contribution in [0.15, 0.2) is 60.7 Å². The Bertz CT molecular complexity index is 771. The maximum absolute atomic E-state index is 12.8. The number of benzene rings is 2. The van der Waals surface area contributed by atoms with Gasteiger partial charge in [-0.05, 0) is 49.8 Å². The summed E-state index contributed by atoms with van der Waals surface area (Å²) in [6.45, 7) is 6.21. The molecule has 0 aromatic heterocycles. The van der Waals surface area contributed by atoms with E-state index in [4.69, 9.17) is 0 Å². The van der Waals surface area contributed by atoms with Crippen LogP contribution < -0.4 is 4.90 Å². The molecular formula is C26H35N3O. The van der Waals surface area contributed by atoms with E-state index in [9.17, 15) is 4.79 Å². The molecule has 4 nitrogen and oxygen atoms in total. The highest BCUT2D eigenvalue weighted by Gasteiger charge is 2.29. The zero-order valence-electron chi connectivity index (χ0n) is 18.1. The molecule has 4 rings (SSSR count). The minimum absolute atomic E-state index is 0.357. The first kappa shape index (κ1) is 20.9. The monoisotopic (exact) mass is 405 g/mol. The Balaban J connectivity index is 1.19. The van der Waals surface area contributed by atoms with Crippen molar-refractivity contribution < 1.29 is 4.79 Å². The van der Waals surface area contributed by atoms with Crippen LogP contribution in [0.25, 0.3) is 0 Å². The number of hydrogen-bond acceptors (Lipinski definition) is 3. The molecular weight excluding hydrogens is 370 g/mol. The van der Waals surface area contributed by atoms with Crippen LogP contribution in [0.5, 0.6) is 0 Å². The molecule has 30 heavy (non-hydrogen) atoms. The summed E-state index contributed by atoms with van der Waals surface area (Å²) in [5.41, 5.74) is 2.70. The number of rotatable bonds is 7. The van der Waals surface area contributed by atoms with E-state index in [1.165, 1.54) is 17.7 Å². The highest BCUT2D eigenvalue weighted by molar-refractivity contribution is 5.76. The molecule has 0 unspecified atom stereocenters. The minimum atomic E-state index is 0.357. The molecule has 2 aromatic rings. The topological polar surface area (TPSA) is 26.8 Å². The summed E-state index contributed by atoms with van der Waals surface area (Å²) in [5.74, 6) is 0.357. The van der Waals surface area contributed by atoms with Gasteiger partial charge in [-0.1, -0.05) is 48.5 Å². The fraction of sp³-hybridized carbons (Fsp3) is 0.500. The van der Waals surface area contributed by atoms with Crippen LogP contribution in [0.1, 0.15) is 37.7 Å². The van der Waals surface area contributed by atoms with Crippen LogP contribution in [0, 0.1) is 0 Å². The van der Waals surface area contributed by atoms with Gasteiger partial charge in [0.2, 0.25) is 5.91 Å². The van der Waals surface area contributed by atoms with Gasteiger partial charge in [0.1, 0.15) is 0 Å². The lowest BCUT2D eigenvalue weighted by Gasteiger charge is -2.44. The van der Waals surface area contributed by atoms with E-state index in [2.05, 4.69) is 75.4 Å². The van der Waals surface area contributed by atoms with Crippen molar-refractivity contribution in [3.05, 3.63) is 66.2 Å². The van der Waals surface area contributed by atoms with Gasteiger partial charge in [0, 0.05) is 57.4 Å². The Labute approximate surface area is 181 Å². The number of amides is 1. The van der Waals surface area contributed by atoms with Crippen LogP contribution in [-0.2, 0) is 11.2 Å². The van der Waals surface area contributed by atoms with Crippen LogP contribution in [-0.4, -0.2) is 61.0 Å². The molecule has 0 N–H and O–H groups in total. The Kier molecular flexibility index (Phi) is 7.41. The van der Waals surface area contributed by atoms with Gasteiger partial charge in [-0.2, -0.15) is 0 Å². The molecule has 2 fully saturated rings. The van der Waals surface area contributed by atoms with Crippen molar-refractivity contribution >= 4 is 11.6 Å². The smallest absolute Gasteiger partial charge is 0.222 e. The van der Waals surface area contributed by atoms with Crippen molar-refractivity contribution in [2.45, 2.75) is 44.6 Å². The molecule has 0 spiro atoms. The number of nitrogens with zero attached hydrogens (tertiary/aromatic N) is 3. The zero-order chi connectivity index (χ0) is 20.6. The highest BCUT2D eigenvalue weighted by Crippen LogP contribution is 2.21. The summed E-state index contributed by atoms with van der Waals surface area (Å²) in [6.07, 6.45) is 6.21. The Morgan fingerprint density at radius 3 is 2.27 bits per heavy atom. The maximum atomic E-state index is 12.8. The second-order valence-corrected chi connectivity index (χ2v) is 8.69. The quantitative estimate of drug-likeness (QED) is 0.646. The molecule has 2 aliphatic heterocycles.